The molecule has 0 aromatic heterocycles. The summed E-state index contributed by atoms with van der Waals surface area (Å²) in [4.78, 5) is 24.6. The molecule has 0 radical (unpaired) electrons. The minimum absolute atomic E-state index is 0.0439. The highest BCUT2D eigenvalue weighted by Gasteiger charge is 2.65. The lowest BCUT2D eigenvalue weighted by Gasteiger charge is -2.43. The summed E-state index contributed by atoms with van der Waals surface area (Å²) in [5.74, 6) is 0.0909. The number of ketones is 1. The van der Waals surface area contributed by atoms with Crippen LogP contribution in [0.3, 0.4) is 0 Å². The molecule has 2 bridgehead atoms. The maximum absolute atomic E-state index is 12.5. The zero-order valence-electron chi connectivity index (χ0n) is 12.5. The van der Waals surface area contributed by atoms with E-state index in [0.29, 0.717) is 18.6 Å². The van der Waals surface area contributed by atoms with E-state index in [1.165, 1.54) is 0 Å². The van der Waals surface area contributed by atoms with Crippen molar-refractivity contribution in [1.82, 2.24) is 0 Å². The van der Waals surface area contributed by atoms with Crippen LogP contribution < -0.4 is 0 Å². The first-order valence-corrected chi connectivity index (χ1v) is 9.60. The number of hydrogen-bond donors (Lipinski definition) is 1. The third kappa shape index (κ3) is 2.69. The number of esters is 1. The van der Waals surface area contributed by atoms with E-state index in [1.807, 2.05) is 0 Å². The van der Waals surface area contributed by atoms with Gasteiger partial charge in [-0.1, -0.05) is 6.42 Å². The fourth-order valence-corrected chi connectivity index (χ4v) is 5.34. The number of fused-ring (bicyclic) bond motifs is 1. The van der Waals surface area contributed by atoms with Gasteiger partial charge in [0.1, 0.15) is 5.78 Å². The van der Waals surface area contributed by atoms with Gasteiger partial charge in [-0.15, -0.1) is 0 Å². The van der Waals surface area contributed by atoms with E-state index in [9.17, 15) is 18.0 Å². The van der Waals surface area contributed by atoms with Gasteiger partial charge in [0.25, 0.3) is 10.1 Å². The monoisotopic (exact) mass is 330 g/mol. The molecular formula is C15H22O6S. The molecule has 3 rings (SSSR count). The van der Waals surface area contributed by atoms with Gasteiger partial charge in [-0.05, 0) is 44.4 Å². The van der Waals surface area contributed by atoms with Crippen LogP contribution in [0.25, 0.3) is 0 Å². The summed E-state index contributed by atoms with van der Waals surface area (Å²) in [5, 5.41) is 0. The van der Waals surface area contributed by atoms with Gasteiger partial charge >= 0.3 is 5.97 Å². The maximum atomic E-state index is 12.5. The molecule has 6 nitrogen and oxygen atoms in total. The average molecular weight is 330 g/mol. The van der Waals surface area contributed by atoms with E-state index in [-0.39, 0.29) is 42.5 Å². The molecule has 3 fully saturated rings. The van der Waals surface area contributed by atoms with Crippen LogP contribution in [0.5, 0.6) is 0 Å². The predicted octanol–water partition coefficient (Wildman–Crippen LogP) is 1.59. The first kappa shape index (κ1) is 15.9. The van der Waals surface area contributed by atoms with Gasteiger partial charge in [-0.25, -0.2) is 0 Å². The van der Waals surface area contributed by atoms with E-state index in [4.69, 9.17) is 9.29 Å². The Morgan fingerprint density at radius 1 is 1.36 bits per heavy atom. The molecule has 22 heavy (non-hydrogen) atoms. The smallest absolute Gasteiger partial charge is 0.312 e. The van der Waals surface area contributed by atoms with Crippen molar-refractivity contribution in [2.45, 2.75) is 44.9 Å². The van der Waals surface area contributed by atoms with Crippen LogP contribution in [0, 0.1) is 23.2 Å². The number of carbonyl (C=O) groups is 2. The number of carbonyl (C=O) groups excluding carboxylic acids is 2. The van der Waals surface area contributed by atoms with Crippen LogP contribution in [0.4, 0.5) is 0 Å². The molecule has 0 spiro atoms. The Balaban J connectivity index is 1.53. The summed E-state index contributed by atoms with van der Waals surface area (Å²) in [6, 6.07) is 0. The second-order valence-electron chi connectivity index (χ2n) is 6.93. The third-order valence-electron chi connectivity index (χ3n) is 5.69. The molecule has 0 amide bonds. The minimum Gasteiger partial charge on any atom is -0.465 e. The predicted molar refractivity (Wildman–Crippen MR) is 77.6 cm³/mol. The normalized spacial score (nSPS) is 36.6. The second kappa shape index (κ2) is 5.60. The zero-order chi connectivity index (χ0) is 16.0. The Morgan fingerprint density at radius 3 is 2.82 bits per heavy atom. The van der Waals surface area contributed by atoms with Crippen molar-refractivity contribution in [2.24, 2.45) is 23.2 Å². The summed E-state index contributed by atoms with van der Waals surface area (Å²) in [6.07, 6.45) is 4.77. The molecule has 0 aliphatic heterocycles. The Bertz CT molecular complexity index is 583. The van der Waals surface area contributed by atoms with Crippen molar-refractivity contribution in [3.05, 3.63) is 0 Å². The summed E-state index contributed by atoms with van der Waals surface area (Å²) >= 11 is 0. The SMILES string of the molecule is O=C1C2CC3C1CCCC3(C(=O)OCCCCS(=O)(=O)O)C2. The number of hydrogen-bond acceptors (Lipinski definition) is 5. The Kier molecular flexibility index (Phi) is 4.05. The molecule has 4 unspecified atom stereocenters. The molecule has 1 N–H and O–H groups in total. The molecule has 4 atom stereocenters. The fourth-order valence-electron chi connectivity index (χ4n) is 4.77. The highest BCUT2D eigenvalue weighted by Crippen LogP contribution is 2.63. The lowest BCUT2D eigenvalue weighted by molar-refractivity contribution is -0.165. The highest BCUT2D eigenvalue weighted by molar-refractivity contribution is 7.85. The van der Waals surface area contributed by atoms with Crippen LogP contribution in [-0.4, -0.2) is 37.1 Å². The van der Waals surface area contributed by atoms with Crippen LogP contribution in [0.2, 0.25) is 0 Å². The maximum Gasteiger partial charge on any atom is 0.312 e. The third-order valence-corrected chi connectivity index (χ3v) is 6.49. The highest BCUT2D eigenvalue weighted by atomic mass is 32.2. The van der Waals surface area contributed by atoms with Crippen LogP contribution >= 0.6 is 0 Å². The van der Waals surface area contributed by atoms with Gasteiger partial charge in [0.15, 0.2) is 0 Å². The Labute approximate surface area is 130 Å². The minimum atomic E-state index is -3.95. The molecule has 0 saturated heterocycles. The van der Waals surface area contributed by atoms with Gasteiger partial charge in [-0.3, -0.25) is 14.1 Å². The molecule has 0 aromatic carbocycles. The van der Waals surface area contributed by atoms with E-state index in [0.717, 1.165) is 25.7 Å². The summed E-state index contributed by atoms with van der Waals surface area (Å²) < 4.78 is 35.2. The van der Waals surface area contributed by atoms with Gasteiger partial charge in [-0.2, -0.15) is 8.42 Å². The van der Waals surface area contributed by atoms with E-state index in [1.54, 1.807) is 0 Å². The number of ether oxygens (including phenoxy) is 1. The van der Waals surface area contributed by atoms with Crippen LogP contribution in [-0.2, 0) is 24.4 Å². The quantitative estimate of drug-likeness (QED) is 0.451. The van der Waals surface area contributed by atoms with Crippen molar-refractivity contribution >= 4 is 21.9 Å². The molecule has 124 valence electrons. The first-order chi connectivity index (χ1) is 10.3. The molecular weight excluding hydrogens is 308 g/mol. The average Bonchev–Trinajstić information content (AvgIpc) is 2.97. The van der Waals surface area contributed by atoms with Crippen molar-refractivity contribution in [2.75, 3.05) is 12.4 Å². The Morgan fingerprint density at radius 2 is 2.14 bits per heavy atom. The number of Topliss-reactive ketones (excluding diaryl/α,β-unsaturated/α-hetero) is 1. The van der Waals surface area contributed by atoms with Gasteiger partial charge in [0.05, 0.1) is 17.8 Å². The van der Waals surface area contributed by atoms with Crippen molar-refractivity contribution in [3.8, 4) is 0 Å². The van der Waals surface area contributed by atoms with Crippen molar-refractivity contribution < 1.29 is 27.3 Å². The van der Waals surface area contributed by atoms with Crippen LogP contribution in [0.1, 0.15) is 44.9 Å². The Hall–Kier alpha value is -0.950. The summed E-state index contributed by atoms with van der Waals surface area (Å²) in [5.41, 5.74) is -0.468. The van der Waals surface area contributed by atoms with E-state index in [2.05, 4.69) is 0 Å². The second-order valence-corrected chi connectivity index (χ2v) is 8.50. The van der Waals surface area contributed by atoms with Crippen LogP contribution in [0.15, 0.2) is 0 Å². The molecule has 0 aromatic rings. The molecule has 3 saturated carbocycles. The zero-order valence-corrected chi connectivity index (χ0v) is 13.3. The lowest BCUT2D eigenvalue weighted by Crippen LogP contribution is -2.47. The summed E-state index contributed by atoms with van der Waals surface area (Å²) in [7, 11) is -3.95. The summed E-state index contributed by atoms with van der Waals surface area (Å²) in [6.45, 7) is 0.173. The molecule has 3 aliphatic rings. The van der Waals surface area contributed by atoms with E-state index < -0.39 is 15.5 Å². The van der Waals surface area contributed by atoms with Crippen molar-refractivity contribution in [1.29, 1.82) is 0 Å². The largest absolute Gasteiger partial charge is 0.465 e. The molecule has 0 heterocycles. The van der Waals surface area contributed by atoms with Gasteiger partial charge in [0.2, 0.25) is 0 Å². The first-order valence-electron chi connectivity index (χ1n) is 8.00. The van der Waals surface area contributed by atoms with E-state index >= 15 is 0 Å². The topological polar surface area (TPSA) is 97.7 Å². The van der Waals surface area contributed by atoms with Crippen molar-refractivity contribution in [3.63, 3.8) is 0 Å². The number of unbranched alkanes of at least 4 members (excludes halogenated alkanes) is 1. The molecule has 3 aliphatic carbocycles. The van der Waals surface area contributed by atoms with Gasteiger partial charge in [0, 0.05) is 11.8 Å². The fraction of sp³-hybridized carbons (Fsp3) is 0.867. The van der Waals surface area contributed by atoms with Gasteiger partial charge < -0.3 is 4.74 Å². The lowest BCUT2D eigenvalue weighted by atomic mass is 9.60. The molecule has 7 heteroatoms. The standard InChI is InChI=1S/C15H22O6S/c16-13-10-8-12-11(13)4-3-5-15(12,9-10)14(17)21-6-1-2-7-22(18,19)20/h10-12H,1-9H2,(H,18,19,20). The number of rotatable bonds is 6.